The summed E-state index contributed by atoms with van der Waals surface area (Å²) in [6.07, 6.45) is 2.01. The number of hydrogen-bond acceptors (Lipinski definition) is 3. The number of rotatable bonds is 9. The molecule has 0 atom stereocenters. The highest BCUT2D eigenvalue weighted by atomic mass is 16.2. The number of aliphatic hydroxyl groups is 1. The Morgan fingerprint density at radius 3 is 2.50 bits per heavy atom. The van der Waals surface area contributed by atoms with Gasteiger partial charge in [-0.15, -0.1) is 0 Å². The van der Waals surface area contributed by atoms with Crippen molar-refractivity contribution in [3.63, 3.8) is 0 Å². The molecule has 2 N–H and O–H groups in total. The quantitative estimate of drug-likeness (QED) is 0.546. The Kier molecular flexibility index (Phi) is 9.35. The maximum absolute atomic E-state index is 8.62. The number of unbranched alkanes of at least 4 members (excludes halogenated alkanes) is 1. The van der Waals surface area contributed by atoms with Crippen LogP contribution in [0.3, 0.4) is 0 Å². The van der Waals surface area contributed by atoms with Gasteiger partial charge in [0.05, 0.1) is 0 Å². The molecule has 14 heavy (non-hydrogen) atoms. The van der Waals surface area contributed by atoms with Gasteiger partial charge < -0.3 is 15.3 Å². The topological polar surface area (TPSA) is 35.5 Å². The molecule has 0 aromatic carbocycles. The van der Waals surface area contributed by atoms with Crippen LogP contribution in [0, 0.1) is 5.92 Å². The first-order valence-electron chi connectivity index (χ1n) is 5.67. The van der Waals surface area contributed by atoms with Crippen LogP contribution in [0.15, 0.2) is 0 Å². The molecule has 0 aromatic rings. The zero-order chi connectivity index (χ0) is 10.8. The lowest BCUT2D eigenvalue weighted by Gasteiger charge is -2.17. The molecule has 86 valence electrons. The molecule has 0 amide bonds. The second kappa shape index (κ2) is 9.44. The fourth-order valence-electron chi connectivity index (χ4n) is 1.27. The Hall–Kier alpha value is -0.120. The van der Waals surface area contributed by atoms with Crippen molar-refractivity contribution in [2.75, 3.05) is 39.8 Å². The summed E-state index contributed by atoms with van der Waals surface area (Å²) >= 11 is 0. The number of nitrogens with one attached hydrogen (secondary N) is 1. The van der Waals surface area contributed by atoms with E-state index in [1.165, 1.54) is 0 Å². The van der Waals surface area contributed by atoms with Gasteiger partial charge in [0.2, 0.25) is 0 Å². The lowest BCUT2D eigenvalue weighted by molar-refractivity contribution is 0.263. The monoisotopic (exact) mass is 202 g/mol. The van der Waals surface area contributed by atoms with Crippen molar-refractivity contribution >= 4 is 0 Å². The van der Waals surface area contributed by atoms with E-state index in [0.29, 0.717) is 6.61 Å². The molecule has 0 saturated heterocycles. The standard InChI is InChI=1S/C11H26N2O/c1-11(2)10-12-6-8-13(3)7-4-5-9-14/h11-12,14H,4-10H2,1-3H3. The normalized spacial score (nSPS) is 11.6. The molecule has 0 bridgehead atoms. The van der Waals surface area contributed by atoms with Crippen LogP contribution in [-0.4, -0.2) is 49.8 Å². The van der Waals surface area contributed by atoms with Crippen molar-refractivity contribution in [1.82, 2.24) is 10.2 Å². The Morgan fingerprint density at radius 2 is 1.93 bits per heavy atom. The van der Waals surface area contributed by atoms with Crippen LogP contribution < -0.4 is 5.32 Å². The van der Waals surface area contributed by atoms with Gasteiger partial charge in [-0.1, -0.05) is 13.8 Å². The smallest absolute Gasteiger partial charge is 0.0431 e. The number of aliphatic hydroxyl groups excluding tert-OH is 1. The minimum atomic E-state index is 0.319. The molecule has 0 fully saturated rings. The van der Waals surface area contributed by atoms with E-state index >= 15 is 0 Å². The molecule has 0 aliphatic heterocycles. The van der Waals surface area contributed by atoms with Gasteiger partial charge in [0.15, 0.2) is 0 Å². The van der Waals surface area contributed by atoms with Crippen molar-refractivity contribution < 1.29 is 5.11 Å². The molecule has 0 saturated carbocycles. The van der Waals surface area contributed by atoms with E-state index in [1.807, 2.05) is 0 Å². The van der Waals surface area contributed by atoms with Crippen molar-refractivity contribution in [1.29, 1.82) is 0 Å². The van der Waals surface area contributed by atoms with Gasteiger partial charge in [0.25, 0.3) is 0 Å². The minimum absolute atomic E-state index is 0.319. The Morgan fingerprint density at radius 1 is 1.21 bits per heavy atom. The summed E-state index contributed by atoms with van der Waals surface area (Å²) in [4.78, 5) is 2.31. The molecule has 0 aliphatic carbocycles. The maximum Gasteiger partial charge on any atom is 0.0431 e. The second-order valence-electron chi connectivity index (χ2n) is 4.33. The molecular weight excluding hydrogens is 176 g/mol. The van der Waals surface area contributed by atoms with Gasteiger partial charge >= 0.3 is 0 Å². The van der Waals surface area contributed by atoms with Gasteiger partial charge in [-0.05, 0) is 38.9 Å². The Labute approximate surface area is 88.5 Å². The summed E-state index contributed by atoms with van der Waals surface area (Å²) in [6.45, 7) is 9.11. The van der Waals surface area contributed by atoms with E-state index < -0.39 is 0 Å². The molecule has 0 radical (unpaired) electrons. The average Bonchev–Trinajstić information content (AvgIpc) is 2.13. The molecule has 3 heteroatoms. The maximum atomic E-state index is 8.62. The summed E-state index contributed by atoms with van der Waals surface area (Å²) in [5.74, 6) is 0.731. The first-order valence-corrected chi connectivity index (χ1v) is 5.67. The average molecular weight is 202 g/mol. The highest BCUT2D eigenvalue weighted by Gasteiger charge is 1.97. The van der Waals surface area contributed by atoms with Crippen molar-refractivity contribution in [3.8, 4) is 0 Å². The predicted octanol–water partition coefficient (Wildman–Crippen LogP) is 0.936. The predicted molar refractivity (Wildman–Crippen MR) is 61.5 cm³/mol. The zero-order valence-electron chi connectivity index (χ0n) is 9.92. The summed E-state index contributed by atoms with van der Waals surface area (Å²) < 4.78 is 0. The van der Waals surface area contributed by atoms with Crippen LogP contribution in [0.4, 0.5) is 0 Å². The van der Waals surface area contributed by atoms with Crippen LogP contribution >= 0.6 is 0 Å². The third kappa shape index (κ3) is 9.96. The molecular formula is C11H26N2O. The molecule has 0 unspecified atom stereocenters. The molecule has 0 spiro atoms. The van der Waals surface area contributed by atoms with Crippen LogP contribution in [-0.2, 0) is 0 Å². The van der Waals surface area contributed by atoms with E-state index in [-0.39, 0.29) is 0 Å². The van der Waals surface area contributed by atoms with E-state index in [1.54, 1.807) is 0 Å². The van der Waals surface area contributed by atoms with Crippen molar-refractivity contribution in [2.45, 2.75) is 26.7 Å². The lowest BCUT2D eigenvalue weighted by Crippen LogP contribution is -2.31. The first-order chi connectivity index (χ1) is 6.66. The Bertz CT molecular complexity index is 118. The van der Waals surface area contributed by atoms with Crippen LogP contribution in [0.1, 0.15) is 26.7 Å². The van der Waals surface area contributed by atoms with Gasteiger partial charge in [-0.2, -0.15) is 0 Å². The van der Waals surface area contributed by atoms with Crippen LogP contribution in [0.5, 0.6) is 0 Å². The molecule has 3 nitrogen and oxygen atoms in total. The lowest BCUT2D eigenvalue weighted by atomic mass is 10.2. The third-order valence-electron chi connectivity index (χ3n) is 2.17. The first kappa shape index (κ1) is 13.9. The highest BCUT2D eigenvalue weighted by Crippen LogP contribution is 1.91. The number of likely N-dealkylation sites (N-methyl/N-ethyl adjacent to an activating group) is 1. The summed E-state index contributed by atoms with van der Waals surface area (Å²) in [5.41, 5.74) is 0. The SMILES string of the molecule is CC(C)CNCCN(C)CCCCO. The fraction of sp³-hybridized carbons (Fsp3) is 1.00. The molecule has 0 heterocycles. The second-order valence-corrected chi connectivity index (χ2v) is 4.33. The van der Waals surface area contributed by atoms with E-state index in [4.69, 9.17) is 5.11 Å². The van der Waals surface area contributed by atoms with E-state index in [2.05, 4.69) is 31.1 Å². The van der Waals surface area contributed by atoms with Crippen molar-refractivity contribution in [2.24, 2.45) is 5.92 Å². The third-order valence-corrected chi connectivity index (χ3v) is 2.17. The van der Waals surface area contributed by atoms with Crippen LogP contribution in [0.25, 0.3) is 0 Å². The van der Waals surface area contributed by atoms with Crippen LogP contribution in [0.2, 0.25) is 0 Å². The zero-order valence-corrected chi connectivity index (χ0v) is 9.92. The summed E-state index contributed by atoms with van der Waals surface area (Å²) in [7, 11) is 2.13. The van der Waals surface area contributed by atoms with Gasteiger partial charge in [0, 0.05) is 19.7 Å². The minimum Gasteiger partial charge on any atom is -0.396 e. The molecule has 0 rings (SSSR count). The van der Waals surface area contributed by atoms with E-state index in [9.17, 15) is 0 Å². The van der Waals surface area contributed by atoms with Gasteiger partial charge in [-0.25, -0.2) is 0 Å². The number of nitrogens with zero attached hydrogens (tertiary/aromatic N) is 1. The molecule has 0 aromatic heterocycles. The van der Waals surface area contributed by atoms with Gasteiger partial charge in [0.1, 0.15) is 0 Å². The van der Waals surface area contributed by atoms with Crippen molar-refractivity contribution in [3.05, 3.63) is 0 Å². The highest BCUT2D eigenvalue weighted by molar-refractivity contribution is 4.56. The summed E-state index contributed by atoms with van der Waals surface area (Å²) in [5, 5.41) is 12.0. The Balaban J connectivity index is 3.14. The largest absolute Gasteiger partial charge is 0.396 e. The number of hydrogen-bond donors (Lipinski definition) is 2. The van der Waals surface area contributed by atoms with E-state index in [0.717, 1.165) is 44.9 Å². The fourth-order valence-corrected chi connectivity index (χ4v) is 1.27. The summed E-state index contributed by atoms with van der Waals surface area (Å²) in [6, 6.07) is 0. The molecule has 0 aliphatic rings. The van der Waals surface area contributed by atoms with Gasteiger partial charge in [-0.3, -0.25) is 0 Å².